The summed E-state index contributed by atoms with van der Waals surface area (Å²) < 4.78 is 30.0. The SMILES string of the molecule is COc1nc2ccccc2cc1CS(=O)(=O)c1ccsc1. The summed E-state index contributed by atoms with van der Waals surface area (Å²) in [6.07, 6.45) is 0. The third kappa shape index (κ3) is 2.77. The number of thiophene rings is 1. The fraction of sp³-hybridized carbons (Fsp3) is 0.133. The summed E-state index contributed by atoms with van der Waals surface area (Å²) >= 11 is 1.36. The Morgan fingerprint density at radius 1 is 1.24 bits per heavy atom. The summed E-state index contributed by atoms with van der Waals surface area (Å²) in [7, 11) is -1.88. The first kappa shape index (κ1) is 14.0. The molecule has 0 aliphatic rings. The Labute approximate surface area is 126 Å². The van der Waals surface area contributed by atoms with Gasteiger partial charge < -0.3 is 4.74 Å². The van der Waals surface area contributed by atoms with Crippen molar-refractivity contribution in [3.8, 4) is 5.88 Å². The van der Waals surface area contributed by atoms with E-state index in [1.807, 2.05) is 30.3 Å². The lowest BCUT2D eigenvalue weighted by Gasteiger charge is -2.09. The molecule has 6 heteroatoms. The molecule has 0 saturated carbocycles. The standard InChI is InChI=1S/C15H13NO3S2/c1-19-15-12(8-11-4-2-3-5-14(11)16-15)10-21(17,18)13-6-7-20-9-13/h2-9H,10H2,1H3. The van der Waals surface area contributed by atoms with Crippen LogP contribution in [0.3, 0.4) is 0 Å². The largest absolute Gasteiger partial charge is 0.481 e. The van der Waals surface area contributed by atoms with Crippen LogP contribution in [0.4, 0.5) is 0 Å². The number of aromatic nitrogens is 1. The minimum absolute atomic E-state index is 0.120. The molecule has 0 amide bonds. The van der Waals surface area contributed by atoms with Gasteiger partial charge in [0.1, 0.15) is 0 Å². The molecule has 0 aliphatic heterocycles. The minimum atomic E-state index is -3.38. The predicted octanol–water partition coefficient (Wildman–Crippen LogP) is 3.28. The molecular formula is C15H13NO3S2. The number of rotatable bonds is 4. The zero-order valence-corrected chi connectivity index (χ0v) is 12.9. The molecule has 3 aromatic rings. The summed E-state index contributed by atoms with van der Waals surface area (Å²) in [5.74, 6) is 0.234. The first-order valence-corrected chi connectivity index (χ1v) is 8.87. The molecule has 2 heterocycles. The Kier molecular flexibility index (Phi) is 3.65. The minimum Gasteiger partial charge on any atom is -0.481 e. The Bertz CT molecular complexity index is 871. The summed E-state index contributed by atoms with van der Waals surface area (Å²) in [5.41, 5.74) is 1.36. The van der Waals surface area contributed by atoms with Crippen molar-refractivity contribution >= 4 is 32.1 Å². The monoisotopic (exact) mass is 319 g/mol. The van der Waals surface area contributed by atoms with Crippen LogP contribution in [-0.2, 0) is 15.6 Å². The third-order valence-electron chi connectivity index (χ3n) is 3.16. The smallest absolute Gasteiger partial charge is 0.217 e. The van der Waals surface area contributed by atoms with Gasteiger partial charge in [0.15, 0.2) is 9.84 Å². The molecule has 0 aliphatic carbocycles. The quantitative estimate of drug-likeness (QED) is 0.740. The van der Waals surface area contributed by atoms with Gasteiger partial charge in [-0.05, 0) is 23.6 Å². The van der Waals surface area contributed by atoms with Crippen LogP contribution in [0.2, 0.25) is 0 Å². The number of hydrogen-bond acceptors (Lipinski definition) is 5. The summed E-state index contributed by atoms with van der Waals surface area (Å²) in [4.78, 5) is 4.71. The van der Waals surface area contributed by atoms with Gasteiger partial charge in [-0.1, -0.05) is 18.2 Å². The van der Waals surface area contributed by atoms with E-state index >= 15 is 0 Å². The molecule has 21 heavy (non-hydrogen) atoms. The van der Waals surface area contributed by atoms with Gasteiger partial charge in [0, 0.05) is 16.3 Å². The lowest BCUT2D eigenvalue weighted by molar-refractivity contribution is 0.395. The highest BCUT2D eigenvalue weighted by molar-refractivity contribution is 7.90. The van der Waals surface area contributed by atoms with Crippen LogP contribution in [0.25, 0.3) is 10.9 Å². The van der Waals surface area contributed by atoms with E-state index in [-0.39, 0.29) is 5.75 Å². The Balaban J connectivity index is 2.08. The molecule has 0 atom stereocenters. The summed E-state index contributed by atoms with van der Waals surface area (Å²) in [5, 5.41) is 4.28. The molecular weight excluding hydrogens is 306 g/mol. The van der Waals surface area contributed by atoms with Gasteiger partial charge in [0.25, 0.3) is 0 Å². The molecule has 4 nitrogen and oxygen atoms in total. The van der Waals surface area contributed by atoms with Crippen molar-refractivity contribution in [1.82, 2.24) is 4.98 Å². The highest BCUT2D eigenvalue weighted by Crippen LogP contribution is 2.26. The van der Waals surface area contributed by atoms with Gasteiger partial charge in [-0.3, -0.25) is 0 Å². The topological polar surface area (TPSA) is 56.3 Å². The van der Waals surface area contributed by atoms with Gasteiger partial charge in [-0.25, -0.2) is 13.4 Å². The highest BCUT2D eigenvalue weighted by Gasteiger charge is 2.19. The van der Waals surface area contributed by atoms with E-state index in [2.05, 4.69) is 4.98 Å². The number of nitrogens with zero attached hydrogens (tertiary/aromatic N) is 1. The average molecular weight is 319 g/mol. The molecule has 0 N–H and O–H groups in total. The first-order valence-electron chi connectivity index (χ1n) is 6.28. The maximum Gasteiger partial charge on any atom is 0.217 e. The van der Waals surface area contributed by atoms with Gasteiger partial charge >= 0.3 is 0 Å². The molecule has 0 saturated heterocycles. The number of para-hydroxylation sites is 1. The van der Waals surface area contributed by atoms with Crippen LogP contribution in [0.15, 0.2) is 52.1 Å². The molecule has 0 radical (unpaired) electrons. The lowest BCUT2D eigenvalue weighted by Crippen LogP contribution is -2.06. The van der Waals surface area contributed by atoms with Gasteiger partial charge in [0.2, 0.25) is 5.88 Å². The summed E-state index contributed by atoms with van der Waals surface area (Å²) in [6, 6.07) is 11.0. The number of ether oxygens (including phenoxy) is 1. The molecule has 3 rings (SSSR count). The molecule has 0 fully saturated rings. The fourth-order valence-electron chi connectivity index (χ4n) is 2.14. The highest BCUT2D eigenvalue weighted by atomic mass is 32.2. The van der Waals surface area contributed by atoms with E-state index in [0.717, 1.165) is 10.9 Å². The second-order valence-electron chi connectivity index (χ2n) is 4.57. The normalized spacial score (nSPS) is 11.7. The van der Waals surface area contributed by atoms with Crippen LogP contribution in [0, 0.1) is 0 Å². The Morgan fingerprint density at radius 3 is 2.76 bits per heavy atom. The average Bonchev–Trinajstić information content (AvgIpc) is 3.01. The van der Waals surface area contributed by atoms with Crippen LogP contribution >= 0.6 is 11.3 Å². The first-order chi connectivity index (χ1) is 10.1. The zero-order chi connectivity index (χ0) is 14.9. The van der Waals surface area contributed by atoms with E-state index < -0.39 is 9.84 Å². The lowest BCUT2D eigenvalue weighted by atomic mass is 10.2. The maximum absolute atomic E-state index is 12.4. The number of pyridine rings is 1. The molecule has 0 bridgehead atoms. The number of benzene rings is 1. The van der Waals surface area contributed by atoms with Crippen molar-refractivity contribution in [2.45, 2.75) is 10.6 Å². The fourth-order valence-corrected chi connectivity index (χ4v) is 4.55. The molecule has 108 valence electrons. The molecule has 1 aromatic carbocycles. The number of methoxy groups -OCH3 is 1. The second kappa shape index (κ2) is 5.46. The maximum atomic E-state index is 12.4. The van der Waals surface area contributed by atoms with E-state index in [9.17, 15) is 8.42 Å². The molecule has 0 unspecified atom stereocenters. The zero-order valence-electron chi connectivity index (χ0n) is 11.3. The summed E-state index contributed by atoms with van der Waals surface area (Å²) in [6.45, 7) is 0. The van der Waals surface area contributed by atoms with Crippen molar-refractivity contribution < 1.29 is 13.2 Å². The van der Waals surface area contributed by atoms with Gasteiger partial charge in [-0.15, -0.1) is 0 Å². The molecule has 2 aromatic heterocycles. The van der Waals surface area contributed by atoms with Gasteiger partial charge in [-0.2, -0.15) is 11.3 Å². The van der Waals surface area contributed by atoms with Crippen LogP contribution < -0.4 is 4.74 Å². The van der Waals surface area contributed by atoms with Crippen LogP contribution in [0.5, 0.6) is 5.88 Å². The second-order valence-corrected chi connectivity index (χ2v) is 7.34. The van der Waals surface area contributed by atoms with Gasteiger partial charge in [0.05, 0.1) is 23.3 Å². The van der Waals surface area contributed by atoms with E-state index in [1.165, 1.54) is 18.4 Å². The Morgan fingerprint density at radius 2 is 2.05 bits per heavy atom. The Hall–Kier alpha value is -1.92. The number of fused-ring (bicyclic) bond motifs is 1. The van der Waals surface area contributed by atoms with Crippen molar-refractivity contribution in [1.29, 1.82) is 0 Å². The van der Waals surface area contributed by atoms with Crippen molar-refractivity contribution in [2.24, 2.45) is 0 Å². The van der Waals surface area contributed by atoms with Crippen LogP contribution in [-0.4, -0.2) is 20.5 Å². The van der Waals surface area contributed by atoms with Crippen LogP contribution in [0.1, 0.15) is 5.56 Å². The predicted molar refractivity (Wildman–Crippen MR) is 83.5 cm³/mol. The van der Waals surface area contributed by atoms with Crippen molar-refractivity contribution in [3.63, 3.8) is 0 Å². The van der Waals surface area contributed by atoms with E-state index in [1.54, 1.807) is 16.8 Å². The van der Waals surface area contributed by atoms with Crippen molar-refractivity contribution in [2.75, 3.05) is 7.11 Å². The number of sulfone groups is 1. The molecule has 0 spiro atoms. The third-order valence-corrected chi connectivity index (χ3v) is 5.65. The van der Waals surface area contributed by atoms with E-state index in [4.69, 9.17) is 4.74 Å². The number of hydrogen-bond donors (Lipinski definition) is 0. The van der Waals surface area contributed by atoms with E-state index in [0.29, 0.717) is 16.3 Å². The van der Waals surface area contributed by atoms with Crippen molar-refractivity contribution in [3.05, 3.63) is 52.7 Å².